The van der Waals surface area contributed by atoms with E-state index in [1.165, 1.54) is 24.1 Å². The molecule has 1 N–H and O–H groups in total. The van der Waals surface area contributed by atoms with Crippen LogP contribution in [0.3, 0.4) is 0 Å². The number of carbonyl (C=O) groups is 1. The van der Waals surface area contributed by atoms with Gasteiger partial charge in [-0.1, -0.05) is 12.1 Å². The van der Waals surface area contributed by atoms with Crippen molar-refractivity contribution >= 4 is 11.6 Å². The number of rotatable bonds is 8. The molecule has 0 saturated carbocycles. The van der Waals surface area contributed by atoms with Crippen molar-refractivity contribution in [3.63, 3.8) is 0 Å². The highest BCUT2D eigenvalue weighted by Crippen LogP contribution is 2.26. The van der Waals surface area contributed by atoms with Gasteiger partial charge in [-0.25, -0.2) is 0 Å². The summed E-state index contributed by atoms with van der Waals surface area (Å²) in [7, 11) is 4.09. The summed E-state index contributed by atoms with van der Waals surface area (Å²) in [6.07, 6.45) is 2.47. The first-order valence-electron chi connectivity index (χ1n) is 8.47. The number of carbonyl (C=O) groups excluding carboxylic acids is 1. The summed E-state index contributed by atoms with van der Waals surface area (Å²) in [5, 5.41) is 3.01. The van der Waals surface area contributed by atoms with E-state index < -0.39 is 0 Å². The Kier molecular flexibility index (Phi) is 6.86. The highest BCUT2D eigenvalue weighted by atomic mass is 16.5. The third kappa shape index (κ3) is 5.22. The van der Waals surface area contributed by atoms with Gasteiger partial charge in [0.05, 0.1) is 6.04 Å². The van der Waals surface area contributed by atoms with Crippen LogP contribution >= 0.6 is 0 Å². The molecular formula is C18H29N3O2. The minimum Gasteiger partial charge on any atom is -0.378 e. The SMILES string of the molecule is CCOCC(=O)NCC(c1ccc(N(C)C)cc1)N1CCCC1. The Bertz CT molecular complexity index is 482. The van der Waals surface area contributed by atoms with Gasteiger partial charge in [0.2, 0.25) is 5.91 Å². The van der Waals surface area contributed by atoms with Gasteiger partial charge in [-0.3, -0.25) is 9.69 Å². The van der Waals surface area contributed by atoms with E-state index >= 15 is 0 Å². The van der Waals surface area contributed by atoms with Crippen LogP contribution in [-0.2, 0) is 9.53 Å². The molecule has 1 unspecified atom stereocenters. The molecule has 23 heavy (non-hydrogen) atoms. The smallest absolute Gasteiger partial charge is 0.246 e. The van der Waals surface area contributed by atoms with Crippen LogP contribution in [0.5, 0.6) is 0 Å². The van der Waals surface area contributed by atoms with E-state index in [0.29, 0.717) is 13.2 Å². The molecule has 1 atom stereocenters. The highest BCUT2D eigenvalue weighted by Gasteiger charge is 2.24. The maximum Gasteiger partial charge on any atom is 0.246 e. The molecule has 5 nitrogen and oxygen atoms in total. The second-order valence-electron chi connectivity index (χ2n) is 6.19. The number of amides is 1. The lowest BCUT2D eigenvalue weighted by Crippen LogP contribution is -2.38. The predicted octanol–water partition coefficient (Wildman–Crippen LogP) is 2.04. The quantitative estimate of drug-likeness (QED) is 0.796. The van der Waals surface area contributed by atoms with E-state index in [9.17, 15) is 4.79 Å². The zero-order valence-electron chi connectivity index (χ0n) is 14.5. The predicted molar refractivity (Wildman–Crippen MR) is 93.8 cm³/mol. The number of hydrogen-bond donors (Lipinski definition) is 1. The summed E-state index contributed by atoms with van der Waals surface area (Å²) >= 11 is 0. The fraction of sp³-hybridized carbons (Fsp3) is 0.611. The fourth-order valence-corrected chi connectivity index (χ4v) is 2.96. The topological polar surface area (TPSA) is 44.8 Å². The maximum absolute atomic E-state index is 11.8. The number of nitrogens with zero attached hydrogens (tertiary/aromatic N) is 2. The Morgan fingerprint density at radius 1 is 1.26 bits per heavy atom. The van der Waals surface area contributed by atoms with Crippen LogP contribution in [0.2, 0.25) is 0 Å². The molecule has 1 aliphatic rings. The lowest BCUT2D eigenvalue weighted by molar-refractivity contribution is -0.125. The van der Waals surface area contributed by atoms with E-state index in [1.807, 2.05) is 21.0 Å². The summed E-state index contributed by atoms with van der Waals surface area (Å²) in [6, 6.07) is 8.86. The lowest BCUT2D eigenvalue weighted by Gasteiger charge is -2.28. The van der Waals surface area contributed by atoms with Gasteiger partial charge in [0, 0.05) is 32.9 Å². The zero-order chi connectivity index (χ0) is 16.7. The van der Waals surface area contributed by atoms with Crippen LogP contribution in [-0.4, -0.2) is 57.8 Å². The molecule has 0 aliphatic carbocycles. The monoisotopic (exact) mass is 319 g/mol. The molecule has 1 fully saturated rings. The number of likely N-dealkylation sites (tertiary alicyclic amines) is 1. The molecule has 0 bridgehead atoms. The summed E-state index contributed by atoms with van der Waals surface area (Å²) < 4.78 is 5.17. The van der Waals surface area contributed by atoms with E-state index in [4.69, 9.17) is 4.74 Å². The first-order valence-corrected chi connectivity index (χ1v) is 8.47. The number of hydrogen-bond acceptors (Lipinski definition) is 4. The molecule has 1 saturated heterocycles. The van der Waals surface area contributed by atoms with Gasteiger partial charge >= 0.3 is 0 Å². The van der Waals surface area contributed by atoms with Crippen LogP contribution < -0.4 is 10.2 Å². The fourth-order valence-electron chi connectivity index (χ4n) is 2.96. The summed E-state index contributed by atoms with van der Waals surface area (Å²) in [5.74, 6) is -0.0408. The van der Waals surface area contributed by atoms with Crippen molar-refractivity contribution in [3.8, 4) is 0 Å². The molecule has 0 aromatic heterocycles. The second-order valence-corrected chi connectivity index (χ2v) is 6.19. The summed E-state index contributed by atoms with van der Waals surface area (Å²) in [5.41, 5.74) is 2.45. The number of ether oxygens (including phenoxy) is 1. The van der Waals surface area contributed by atoms with Crippen LogP contribution in [0.15, 0.2) is 24.3 Å². The minimum atomic E-state index is -0.0408. The Balaban J connectivity index is 2.03. The zero-order valence-corrected chi connectivity index (χ0v) is 14.5. The molecule has 1 aromatic rings. The maximum atomic E-state index is 11.8. The first kappa shape index (κ1) is 17.8. The largest absolute Gasteiger partial charge is 0.378 e. The molecule has 2 rings (SSSR count). The van der Waals surface area contributed by atoms with Crippen molar-refractivity contribution in [1.82, 2.24) is 10.2 Å². The number of anilines is 1. The Hall–Kier alpha value is -1.59. The average molecular weight is 319 g/mol. The first-order chi connectivity index (χ1) is 11.1. The van der Waals surface area contributed by atoms with E-state index in [1.54, 1.807) is 0 Å². The van der Waals surface area contributed by atoms with Gasteiger partial charge in [0.15, 0.2) is 0 Å². The van der Waals surface area contributed by atoms with Crippen LogP contribution in [0, 0.1) is 0 Å². The van der Waals surface area contributed by atoms with Crippen molar-refractivity contribution in [1.29, 1.82) is 0 Å². The Morgan fingerprint density at radius 3 is 2.48 bits per heavy atom. The second kappa shape index (κ2) is 8.89. The van der Waals surface area contributed by atoms with Crippen LogP contribution in [0.1, 0.15) is 31.4 Å². The van der Waals surface area contributed by atoms with Gasteiger partial charge < -0.3 is 15.0 Å². The molecule has 1 heterocycles. The summed E-state index contributed by atoms with van der Waals surface area (Å²) in [6.45, 7) is 5.43. The van der Waals surface area contributed by atoms with Crippen molar-refractivity contribution in [2.24, 2.45) is 0 Å². The molecule has 0 spiro atoms. The summed E-state index contributed by atoms with van der Waals surface area (Å²) in [4.78, 5) is 16.4. The van der Waals surface area contributed by atoms with E-state index in [2.05, 4.69) is 39.4 Å². The minimum absolute atomic E-state index is 0.0408. The van der Waals surface area contributed by atoms with E-state index in [0.717, 1.165) is 13.1 Å². The Morgan fingerprint density at radius 2 is 1.91 bits per heavy atom. The van der Waals surface area contributed by atoms with Gasteiger partial charge in [-0.05, 0) is 50.6 Å². The lowest BCUT2D eigenvalue weighted by atomic mass is 10.0. The Labute approximate surface area is 139 Å². The van der Waals surface area contributed by atoms with Crippen LogP contribution in [0.4, 0.5) is 5.69 Å². The molecule has 1 amide bonds. The number of benzene rings is 1. The normalized spacial score (nSPS) is 16.3. The van der Waals surface area contributed by atoms with Gasteiger partial charge in [-0.2, -0.15) is 0 Å². The van der Waals surface area contributed by atoms with Gasteiger partial charge in [-0.15, -0.1) is 0 Å². The molecular weight excluding hydrogens is 290 g/mol. The van der Waals surface area contributed by atoms with Crippen LogP contribution in [0.25, 0.3) is 0 Å². The third-order valence-corrected chi connectivity index (χ3v) is 4.31. The van der Waals surface area contributed by atoms with Gasteiger partial charge in [0.1, 0.15) is 6.61 Å². The van der Waals surface area contributed by atoms with Crippen molar-refractivity contribution in [3.05, 3.63) is 29.8 Å². The standard InChI is InChI=1S/C18H29N3O2/c1-4-23-14-18(22)19-13-17(21-11-5-6-12-21)15-7-9-16(10-8-15)20(2)3/h7-10,17H,4-6,11-14H2,1-3H3,(H,19,22). The van der Waals surface area contributed by atoms with Crippen molar-refractivity contribution in [2.75, 3.05) is 51.8 Å². The molecule has 1 aliphatic heterocycles. The molecule has 1 aromatic carbocycles. The van der Waals surface area contributed by atoms with Crippen molar-refractivity contribution < 1.29 is 9.53 Å². The molecule has 0 radical (unpaired) electrons. The van der Waals surface area contributed by atoms with Gasteiger partial charge in [0.25, 0.3) is 0 Å². The third-order valence-electron chi connectivity index (χ3n) is 4.31. The molecule has 5 heteroatoms. The molecule has 128 valence electrons. The highest BCUT2D eigenvalue weighted by molar-refractivity contribution is 5.77. The van der Waals surface area contributed by atoms with Crippen molar-refractivity contribution in [2.45, 2.75) is 25.8 Å². The number of nitrogens with one attached hydrogen (secondary N) is 1. The van der Waals surface area contributed by atoms with E-state index in [-0.39, 0.29) is 18.6 Å². The average Bonchev–Trinajstić information content (AvgIpc) is 3.08.